The third-order valence-corrected chi connectivity index (χ3v) is 6.22. The van der Waals surface area contributed by atoms with Gasteiger partial charge >= 0.3 is 0 Å². The molecular weight excluding hydrogens is 388 g/mol. The van der Waals surface area contributed by atoms with Gasteiger partial charge in [0.25, 0.3) is 0 Å². The van der Waals surface area contributed by atoms with E-state index < -0.39 is 10.0 Å². The van der Waals surface area contributed by atoms with Crippen LogP contribution in [-0.4, -0.2) is 29.1 Å². The van der Waals surface area contributed by atoms with Gasteiger partial charge in [-0.15, -0.1) is 0 Å². The van der Waals surface area contributed by atoms with Crippen LogP contribution in [0.1, 0.15) is 22.6 Å². The minimum Gasteiger partial charge on any atom is -0.361 e. The molecule has 1 N–H and O–H groups in total. The fourth-order valence-electron chi connectivity index (χ4n) is 3.38. The largest absolute Gasteiger partial charge is 0.361 e. The zero-order valence-electron chi connectivity index (χ0n) is 16.3. The van der Waals surface area contributed by atoms with E-state index in [0.29, 0.717) is 18.7 Å². The molecule has 0 unspecified atom stereocenters. The molecule has 0 saturated carbocycles. The molecule has 0 aliphatic carbocycles. The Balaban J connectivity index is 1.43. The van der Waals surface area contributed by atoms with Crippen LogP contribution in [0.3, 0.4) is 0 Å². The number of aromatic nitrogens is 3. The minimum absolute atomic E-state index is 0.00391. The van der Waals surface area contributed by atoms with Crippen molar-refractivity contribution in [1.82, 2.24) is 14.9 Å². The average molecular weight is 410 g/mol. The summed E-state index contributed by atoms with van der Waals surface area (Å²) < 4.78 is 34.6. The third-order valence-electron chi connectivity index (χ3n) is 4.93. The Labute approximate surface area is 169 Å². The fourth-order valence-corrected chi connectivity index (χ4v) is 4.43. The molecule has 0 amide bonds. The molecule has 2 aromatic heterocycles. The quantitative estimate of drug-likeness (QED) is 0.502. The molecule has 2 aromatic carbocycles. The van der Waals surface area contributed by atoms with Gasteiger partial charge in [0.1, 0.15) is 5.76 Å². The zero-order valence-corrected chi connectivity index (χ0v) is 17.1. The molecule has 150 valence electrons. The number of nitrogens with one attached hydrogen (secondary N) is 1. The van der Waals surface area contributed by atoms with Crippen molar-refractivity contribution in [3.63, 3.8) is 0 Å². The molecule has 0 saturated heterocycles. The lowest BCUT2D eigenvalue weighted by Gasteiger charge is -2.08. The van der Waals surface area contributed by atoms with Crippen LogP contribution >= 0.6 is 0 Å². The maximum absolute atomic E-state index is 12.6. The maximum Gasteiger partial charge on any atom is 0.233 e. The number of nitrogens with zero attached hydrogens (tertiary/aromatic N) is 3. The highest BCUT2D eigenvalue weighted by Gasteiger charge is 2.15. The lowest BCUT2D eigenvalue weighted by molar-refractivity contribution is 0.391. The van der Waals surface area contributed by atoms with Gasteiger partial charge in [0.05, 0.1) is 29.9 Å². The molecule has 29 heavy (non-hydrogen) atoms. The molecule has 7 nitrogen and oxygen atoms in total. The Morgan fingerprint density at radius 3 is 2.69 bits per heavy atom. The van der Waals surface area contributed by atoms with Crippen LogP contribution in [-0.2, 0) is 23.0 Å². The van der Waals surface area contributed by atoms with Gasteiger partial charge in [0.15, 0.2) is 0 Å². The second-order valence-electron chi connectivity index (χ2n) is 7.04. The van der Waals surface area contributed by atoms with E-state index in [-0.39, 0.29) is 5.75 Å². The lowest BCUT2D eigenvalue weighted by atomic mass is 10.0. The van der Waals surface area contributed by atoms with Crippen LogP contribution in [0, 0.1) is 13.8 Å². The van der Waals surface area contributed by atoms with Crippen LogP contribution in [0.25, 0.3) is 10.8 Å². The van der Waals surface area contributed by atoms with Gasteiger partial charge in [-0.1, -0.05) is 47.6 Å². The molecule has 0 aliphatic heterocycles. The van der Waals surface area contributed by atoms with Crippen LogP contribution in [0.4, 0.5) is 5.69 Å². The molecule has 2 heterocycles. The maximum atomic E-state index is 12.6. The van der Waals surface area contributed by atoms with Crippen molar-refractivity contribution >= 4 is 26.5 Å². The van der Waals surface area contributed by atoms with Crippen molar-refractivity contribution in [3.05, 3.63) is 77.4 Å². The Hall–Kier alpha value is -3.13. The van der Waals surface area contributed by atoms with Crippen LogP contribution in [0.5, 0.6) is 0 Å². The second kappa shape index (κ2) is 7.71. The van der Waals surface area contributed by atoms with Crippen LogP contribution < -0.4 is 4.72 Å². The van der Waals surface area contributed by atoms with Crippen molar-refractivity contribution in [2.75, 3.05) is 10.5 Å². The van der Waals surface area contributed by atoms with Crippen molar-refractivity contribution in [2.45, 2.75) is 26.8 Å². The van der Waals surface area contributed by atoms with Gasteiger partial charge in [0, 0.05) is 11.8 Å². The molecule has 0 bridgehead atoms. The van der Waals surface area contributed by atoms with E-state index in [0.717, 1.165) is 33.4 Å². The summed E-state index contributed by atoms with van der Waals surface area (Å²) in [4.78, 5) is 0. The first-order valence-corrected chi connectivity index (χ1v) is 11.0. The molecule has 0 atom stereocenters. The van der Waals surface area contributed by atoms with Gasteiger partial charge in [-0.3, -0.25) is 9.40 Å². The third kappa shape index (κ3) is 4.32. The standard InChI is InChI=1S/C21H22N4O3S/c1-15-21(16(2)28-23-15)14-25-13-19(12-22-25)24-29(26,27)11-10-18-8-5-7-17-6-3-4-9-20(17)18/h3-9,12-13,24H,10-11,14H2,1-2H3. The van der Waals surface area contributed by atoms with Gasteiger partial charge < -0.3 is 4.52 Å². The topological polar surface area (TPSA) is 90.0 Å². The average Bonchev–Trinajstić information content (AvgIpc) is 3.27. The van der Waals surface area contributed by atoms with Gasteiger partial charge in [0.2, 0.25) is 10.0 Å². The molecule has 0 spiro atoms. The monoisotopic (exact) mass is 410 g/mol. The van der Waals surface area contributed by atoms with E-state index in [1.807, 2.05) is 56.3 Å². The molecule has 8 heteroatoms. The summed E-state index contributed by atoms with van der Waals surface area (Å²) in [6.07, 6.45) is 3.61. The van der Waals surface area contributed by atoms with Gasteiger partial charge in [-0.2, -0.15) is 5.10 Å². The van der Waals surface area contributed by atoms with E-state index >= 15 is 0 Å². The summed E-state index contributed by atoms with van der Waals surface area (Å²) in [6.45, 7) is 4.18. The molecule has 0 radical (unpaired) electrons. The highest BCUT2D eigenvalue weighted by atomic mass is 32.2. The molecular formula is C21H22N4O3S. The van der Waals surface area contributed by atoms with E-state index in [1.165, 1.54) is 6.20 Å². The zero-order chi connectivity index (χ0) is 20.4. The number of hydrogen-bond donors (Lipinski definition) is 1. The lowest BCUT2D eigenvalue weighted by Crippen LogP contribution is -2.18. The first kappa shape index (κ1) is 19.2. The predicted octanol–water partition coefficient (Wildman–Crippen LogP) is 3.67. The van der Waals surface area contributed by atoms with Crippen molar-refractivity contribution in [1.29, 1.82) is 0 Å². The van der Waals surface area contributed by atoms with Gasteiger partial charge in [-0.25, -0.2) is 8.42 Å². The summed E-state index contributed by atoms with van der Waals surface area (Å²) >= 11 is 0. The van der Waals surface area contributed by atoms with Crippen LogP contribution in [0.2, 0.25) is 0 Å². The first-order chi connectivity index (χ1) is 13.9. The normalized spacial score (nSPS) is 11.8. The smallest absolute Gasteiger partial charge is 0.233 e. The highest BCUT2D eigenvalue weighted by Crippen LogP contribution is 2.20. The number of aryl methyl sites for hydroxylation is 3. The van der Waals surface area contributed by atoms with E-state index in [2.05, 4.69) is 15.0 Å². The predicted molar refractivity (Wildman–Crippen MR) is 112 cm³/mol. The molecule has 0 aliphatic rings. The van der Waals surface area contributed by atoms with E-state index in [1.54, 1.807) is 10.9 Å². The summed E-state index contributed by atoms with van der Waals surface area (Å²) in [5, 5.41) is 10.4. The summed E-state index contributed by atoms with van der Waals surface area (Å²) in [6, 6.07) is 13.9. The number of benzene rings is 2. The number of hydrogen-bond acceptors (Lipinski definition) is 5. The number of fused-ring (bicyclic) bond motifs is 1. The molecule has 4 rings (SSSR count). The van der Waals surface area contributed by atoms with Crippen molar-refractivity contribution in [3.8, 4) is 0 Å². The van der Waals surface area contributed by atoms with E-state index in [4.69, 9.17) is 4.52 Å². The Kier molecular flexibility index (Phi) is 5.10. The number of sulfonamides is 1. The summed E-state index contributed by atoms with van der Waals surface area (Å²) in [5.74, 6) is 0.728. The Morgan fingerprint density at radius 2 is 1.90 bits per heavy atom. The van der Waals surface area contributed by atoms with Crippen molar-refractivity contribution in [2.24, 2.45) is 0 Å². The summed E-state index contributed by atoms with van der Waals surface area (Å²) in [5.41, 5.74) is 3.20. The second-order valence-corrected chi connectivity index (χ2v) is 8.88. The minimum atomic E-state index is -3.50. The summed E-state index contributed by atoms with van der Waals surface area (Å²) in [7, 11) is -3.50. The Morgan fingerprint density at radius 1 is 1.10 bits per heavy atom. The number of anilines is 1. The number of rotatable bonds is 7. The molecule has 4 aromatic rings. The SMILES string of the molecule is Cc1noc(C)c1Cn1cc(NS(=O)(=O)CCc2cccc3ccccc23)cn1. The van der Waals surface area contributed by atoms with Crippen molar-refractivity contribution < 1.29 is 12.9 Å². The van der Waals surface area contributed by atoms with E-state index in [9.17, 15) is 8.42 Å². The van der Waals surface area contributed by atoms with Crippen LogP contribution in [0.15, 0.2) is 59.4 Å². The molecule has 0 fully saturated rings. The highest BCUT2D eigenvalue weighted by molar-refractivity contribution is 7.92. The fraction of sp³-hybridized carbons (Fsp3) is 0.238. The Bertz CT molecular complexity index is 1230. The first-order valence-electron chi connectivity index (χ1n) is 9.32. The van der Waals surface area contributed by atoms with Gasteiger partial charge in [-0.05, 0) is 36.6 Å².